The molecule has 162 valence electrons. The van der Waals surface area contributed by atoms with E-state index in [9.17, 15) is 4.79 Å². The van der Waals surface area contributed by atoms with Gasteiger partial charge in [-0.3, -0.25) is 4.90 Å². The predicted octanol–water partition coefficient (Wildman–Crippen LogP) is 5.49. The Labute approximate surface area is 185 Å². The Balaban J connectivity index is 1.76. The lowest BCUT2D eigenvalue weighted by Crippen LogP contribution is -2.46. The van der Waals surface area contributed by atoms with Crippen molar-refractivity contribution in [2.75, 3.05) is 13.2 Å². The summed E-state index contributed by atoms with van der Waals surface area (Å²) in [7, 11) is 0. The summed E-state index contributed by atoms with van der Waals surface area (Å²) in [4.78, 5) is 20.3. The largest absolute Gasteiger partial charge is 0.494 e. The summed E-state index contributed by atoms with van der Waals surface area (Å²) in [6, 6.07) is 11.1. The van der Waals surface area contributed by atoms with E-state index < -0.39 is 6.04 Å². The van der Waals surface area contributed by atoms with Crippen molar-refractivity contribution in [1.29, 1.82) is 0 Å². The Morgan fingerprint density at radius 1 is 1.23 bits per heavy atom. The lowest BCUT2D eigenvalue weighted by atomic mass is 9.94. The standard InChI is InChI=1S/C23H26N4O3S/c1-4-6-13-27-15(3)19(22-25-21(26-30-22)18-8-7-14-31-18)20(24-23(27)28)16-9-11-17(12-10-16)29-5-2/h7-12,14,20H,4-6,13H2,1-3H3,(H,24,28). The van der Waals surface area contributed by atoms with Gasteiger partial charge in [-0.1, -0.05) is 36.7 Å². The van der Waals surface area contributed by atoms with Gasteiger partial charge in [0, 0.05) is 12.2 Å². The van der Waals surface area contributed by atoms with Crippen LogP contribution in [0.4, 0.5) is 4.79 Å². The van der Waals surface area contributed by atoms with Crippen molar-refractivity contribution < 1.29 is 14.1 Å². The number of urea groups is 1. The van der Waals surface area contributed by atoms with E-state index in [1.165, 1.54) is 0 Å². The molecule has 1 aliphatic heterocycles. The number of nitrogens with zero attached hydrogens (tertiary/aromatic N) is 3. The molecule has 0 saturated heterocycles. The molecule has 2 aromatic heterocycles. The third kappa shape index (κ3) is 4.34. The van der Waals surface area contributed by atoms with Gasteiger partial charge < -0.3 is 14.6 Å². The summed E-state index contributed by atoms with van der Waals surface area (Å²) in [6.07, 6.45) is 1.91. The van der Waals surface area contributed by atoms with Crippen LogP contribution >= 0.6 is 11.3 Å². The maximum absolute atomic E-state index is 12.9. The summed E-state index contributed by atoms with van der Waals surface area (Å²) in [5, 5.41) is 9.29. The Kier molecular flexibility index (Phi) is 6.36. The monoisotopic (exact) mass is 438 g/mol. The number of nitrogens with one attached hydrogen (secondary N) is 1. The highest BCUT2D eigenvalue weighted by Crippen LogP contribution is 2.38. The minimum Gasteiger partial charge on any atom is -0.494 e. The first kappa shape index (κ1) is 21.1. The van der Waals surface area contributed by atoms with Crippen LogP contribution in [0.25, 0.3) is 16.3 Å². The molecule has 1 aliphatic rings. The van der Waals surface area contributed by atoms with Gasteiger partial charge in [-0.05, 0) is 49.4 Å². The van der Waals surface area contributed by atoms with Gasteiger partial charge in [0.1, 0.15) is 5.75 Å². The van der Waals surface area contributed by atoms with Crippen molar-refractivity contribution in [3.05, 3.63) is 58.9 Å². The van der Waals surface area contributed by atoms with Crippen LogP contribution in [0.3, 0.4) is 0 Å². The number of amides is 2. The first-order valence-electron chi connectivity index (χ1n) is 10.5. The minimum absolute atomic E-state index is 0.119. The van der Waals surface area contributed by atoms with Gasteiger partial charge in [0.05, 0.1) is 23.1 Å². The minimum atomic E-state index is -0.391. The Bertz CT molecular complexity index is 1060. The first-order valence-corrected chi connectivity index (χ1v) is 11.4. The smallest absolute Gasteiger partial charge is 0.322 e. The van der Waals surface area contributed by atoms with Gasteiger partial charge in [0.25, 0.3) is 5.89 Å². The topological polar surface area (TPSA) is 80.5 Å². The molecule has 2 amide bonds. The number of hydrogen-bond acceptors (Lipinski definition) is 6. The second-order valence-electron chi connectivity index (χ2n) is 7.29. The maximum Gasteiger partial charge on any atom is 0.322 e. The molecule has 0 bridgehead atoms. The predicted molar refractivity (Wildman–Crippen MR) is 121 cm³/mol. The SMILES string of the molecule is CCCCN1C(=O)NC(c2ccc(OCC)cc2)C(c2nc(-c3cccs3)no2)=C1C. The van der Waals surface area contributed by atoms with Crippen LogP contribution in [0.1, 0.15) is 51.1 Å². The van der Waals surface area contributed by atoms with Gasteiger partial charge in [0.2, 0.25) is 5.82 Å². The normalized spacial score (nSPS) is 16.5. The molecule has 3 aromatic rings. The van der Waals surface area contributed by atoms with Crippen molar-refractivity contribution in [3.8, 4) is 16.5 Å². The second kappa shape index (κ2) is 9.34. The highest BCUT2D eigenvalue weighted by molar-refractivity contribution is 7.13. The number of unbranched alkanes of at least 4 members (excludes halogenated alkanes) is 1. The van der Waals surface area contributed by atoms with Crippen LogP contribution in [-0.2, 0) is 0 Å². The number of thiophene rings is 1. The molecule has 0 aliphatic carbocycles. The average molecular weight is 439 g/mol. The summed E-state index contributed by atoms with van der Waals surface area (Å²) in [6.45, 7) is 7.24. The quantitative estimate of drug-likeness (QED) is 0.503. The summed E-state index contributed by atoms with van der Waals surface area (Å²) < 4.78 is 11.2. The third-order valence-corrected chi connectivity index (χ3v) is 6.12. The van der Waals surface area contributed by atoms with Crippen LogP contribution in [0.2, 0.25) is 0 Å². The fourth-order valence-electron chi connectivity index (χ4n) is 3.66. The van der Waals surface area contributed by atoms with Crippen LogP contribution < -0.4 is 10.1 Å². The van der Waals surface area contributed by atoms with Crippen molar-refractivity contribution in [2.24, 2.45) is 0 Å². The molecule has 0 spiro atoms. The van der Waals surface area contributed by atoms with Crippen molar-refractivity contribution in [1.82, 2.24) is 20.4 Å². The second-order valence-corrected chi connectivity index (χ2v) is 8.24. The third-order valence-electron chi connectivity index (χ3n) is 5.25. The van der Waals surface area contributed by atoms with E-state index in [0.717, 1.165) is 40.3 Å². The maximum atomic E-state index is 12.9. The zero-order valence-corrected chi connectivity index (χ0v) is 18.7. The summed E-state index contributed by atoms with van der Waals surface area (Å²) in [5.74, 6) is 1.76. The Hall–Kier alpha value is -3.13. The van der Waals surface area contributed by atoms with Gasteiger partial charge >= 0.3 is 6.03 Å². The number of ether oxygens (including phenoxy) is 1. The molecule has 4 rings (SSSR count). The van der Waals surface area contributed by atoms with Gasteiger partial charge in [0.15, 0.2) is 0 Å². The molecule has 7 nitrogen and oxygen atoms in total. The Morgan fingerprint density at radius 3 is 2.71 bits per heavy atom. The highest BCUT2D eigenvalue weighted by atomic mass is 32.1. The van der Waals surface area contributed by atoms with Gasteiger partial charge in [-0.25, -0.2) is 4.79 Å². The van der Waals surface area contributed by atoms with Crippen molar-refractivity contribution in [2.45, 2.75) is 39.7 Å². The molecule has 0 saturated carbocycles. The van der Waals surface area contributed by atoms with E-state index in [1.54, 1.807) is 16.2 Å². The molecule has 31 heavy (non-hydrogen) atoms. The highest BCUT2D eigenvalue weighted by Gasteiger charge is 2.35. The number of rotatable bonds is 8. The molecule has 0 fully saturated rings. The fourth-order valence-corrected chi connectivity index (χ4v) is 4.30. The molecule has 1 N–H and O–H groups in total. The number of benzene rings is 1. The molecular weight excluding hydrogens is 412 g/mol. The summed E-state index contributed by atoms with van der Waals surface area (Å²) >= 11 is 1.56. The van der Waals surface area contributed by atoms with E-state index >= 15 is 0 Å². The molecule has 8 heteroatoms. The van der Waals surface area contributed by atoms with E-state index in [2.05, 4.69) is 22.4 Å². The number of allylic oxidation sites excluding steroid dienone is 1. The van der Waals surface area contributed by atoms with Gasteiger partial charge in [-0.15, -0.1) is 11.3 Å². The zero-order valence-electron chi connectivity index (χ0n) is 17.9. The lowest BCUT2D eigenvalue weighted by molar-refractivity contribution is 0.204. The fraction of sp³-hybridized carbons (Fsp3) is 0.348. The Morgan fingerprint density at radius 2 is 2.03 bits per heavy atom. The van der Waals surface area contributed by atoms with Crippen LogP contribution in [0, 0.1) is 0 Å². The van der Waals surface area contributed by atoms with E-state index in [-0.39, 0.29) is 6.03 Å². The molecule has 1 atom stereocenters. The number of carbonyl (C=O) groups is 1. The van der Waals surface area contributed by atoms with Crippen LogP contribution in [-0.4, -0.2) is 34.2 Å². The lowest BCUT2D eigenvalue weighted by Gasteiger charge is -2.35. The number of hydrogen-bond donors (Lipinski definition) is 1. The summed E-state index contributed by atoms with van der Waals surface area (Å²) in [5.41, 5.74) is 2.57. The molecule has 0 radical (unpaired) electrons. The van der Waals surface area contributed by atoms with E-state index in [4.69, 9.17) is 9.26 Å². The van der Waals surface area contributed by atoms with Gasteiger partial charge in [-0.2, -0.15) is 4.98 Å². The molecular formula is C23H26N4O3S. The van der Waals surface area contributed by atoms with Crippen molar-refractivity contribution >= 4 is 22.9 Å². The molecule has 1 unspecified atom stereocenters. The van der Waals surface area contributed by atoms with E-state index in [0.29, 0.717) is 24.9 Å². The number of carbonyl (C=O) groups excluding carboxylic acids is 1. The number of aromatic nitrogens is 2. The van der Waals surface area contributed by atoms with E-state index in [1.807, 2.05) is 55.6 Å². The molecule has 3 heterocycles. The zero-order chi connectivity index (χ0) is 21.8. The molecule has 1 aromatic carbocycles. The van der Waals surface area contributed by atoms with Crippen LogP contribution in [0.15, 0.2) is 52.0 Å². The first-order chi connectivity index (χ1) is 15.1. The van der Waals surface area contributed by atoms with Crippen molar-refractivity contribution in [3.63, 3.8) is 0 Å². The van der Waals surface area contributed by atoms with Crippen LogP contribution in [0.5, 0.6) is 5.75 Å². The average Bonchev–Trinajstić information content (AvgIpc) is 3.46.